The van der Waals surface area contributed by atoms with Crippen LogP contribution < -0.4 is 11.3 Å². The number of nitrogen functional groups attached to an aromatic ring is 1. The number of nitrogens with two attached hydrogens (primary N) is 1. The molecule has 18 heavy (non-hydrogen) atoms. The Morgan fingerprint density at radius 2 is 2.50 bits per heavy atom. The number of morpholine rings is 1. The van der Waals surface area contributed by atoms with Crippen molar-refractivity contribution in [1.82, 2.24) is 10.3 Å². The number of ether oxygens (including phenoxy) is 1. The van der Waals surface area contributed by atoms with E-state index in [-0.39, 0.29) is 18.6 Å². The van der Waals surface area contributed by atoms with Gasteiger partial charge in [0.1, 0.15) is 0 Å². The largest absolute Gasteiger partial charge is 0.395 e. The SMILES string of the molecule is NNC(=O)c1ccc(CN2CCOCC2CO)s1. The molecule has 7 heteroatoms. The molecule has 2 heterocycles. The molecule has 1 amide bonds. The normalized spacial score (nSPS) is 20.9. The van der Waals surface area contributed by atoms with Crippen molar-refractivity contribution in [3.8, 4) is 0 Å². The summed E-state index contributed by atoms with van der Waals surface area (Å²) in [6, 6.07) is 3.71. The number of aliphatic hydroxyl groups excluding tert-OH is 1. The summed E-state index contributed by atoms with van der Waals surface area (Å²) in [6.45, 7) is 2.83. The summed E-state index contributed by atoms with van der Waals surface area (Å²) in [4.78, 5) is 15.2. The van der Waals surface area contributed by atoms with Crippen LogP contribution in [0.1, 0.15) is 14.5 Å². The van der Waals surface area contributed by atoms with Gasteiger partial charge in [-0.3, -0.25) is 15.1 Å². The molecule has 100 valence electrons. The molecule has 0 aliphatic carbocycles. The third-order valence-electron chi connectivity index (χ3n) is 2.94. The highest BCUT2D eigenvalue weighted by Gasteiger charge is 2.22. The summed E-state index contributed by atoms with van der Waals surface area (Å²) in [5.74, 6) is 4.82. The second kappa shape index (κ2) is 6.26. The molecule has 0 radical (unpaired) electrons. The standard InChI is InChI=1S/C11H17N3O3S/c12-13-11(16)10-2-1-9(18-10)5-14-3-4-17-7-8(14)6-15/h1-2,8,15H,3-7,12H2,(H,13,16). The number of nitrogens with one attached hydrogen (secondary N) is 1. The third-order valence-corrected chi connectivity index (χ3v) is 4.00. The topological polar surface area (TPSA) is 87.8 Å². The number of amides is 1. The van der Waals surface area contributed by atoms with Gasteiger partial charge in [0.05, 0.1) is 30.7 Å². The number of hydrogen-bond acceptors (Lipinski definition) is 6. The van der Waals surface area contributed by atoms with E-state index in [9.17, 15) is 9.90 Å². The van der Waals surface area contributed by atoms with Crippen LogP contribution >= 0.6 is 11.3 Å². The Labute approximate surface area is 109 Å². The van der Waals surface area contributed by atoms with Crippen molar-refractivity contribution >= 4 is 17.2 Å². The lowest BCUT2D eigenvalue weighted by Gasteiger charge is -2.33. The fourth-order valence-electron chi connectivity index (χ4n) is 1.92. The maximum atomic E-state index is 11.3. The van der Waals surface area contributed by atoms with Crippen molar-refractivity contribution < 1.29 is 14.6 Å². The summed E-state index contributed by atoms with van der Waals surface area (Å²) in [5, 5.41) is 9.27. The van der Waals surface area contributed by atoms with Crippen LogP contribution in [-0.2, 0) is 11.3 Å². The third kappa shape index (κ3) is 3.06. The Kier molecular flexibility index (Phi) is 4.67. The van der Waals surface area contributed by atoms with E-state index in [4.69, 9.17) is 10.6 Å². The molecular formula is C11H17N3O3S. The molecule has 1 aromatic heterocycles. The quantitative estimate of drug-likeness (QED) is 0.392. The fourth-order valence-corrected chi connectivity index (χ4v) is 2.86. The monoisotopic (exact) mass is 271 g/mol. The average Bonchev–Trinajstić information content (AvgIpc) is 2.87. The summed E-state index contributed by atoms with van der Waals surface area (Å²) in [7, 11) is 0. The van der Waals surface area contributed by atoms with E-state index in [0.29, 0.717) is 18.1 Å². The number of rotatable bonds is 4. The molecular weight excluding hydrogens is 254 g/mol. The zero-order valence-electron chi connectivity index (χ0n) is 9.96. The van der Waals surface area contributed by atoms with Gasteiger partial charge in [0.2, 0.25) is 0 Å². The van der Waals surface area contributed by atoms with Gasteiger partial charge in [-0.15, -0.1) is 11.3 Å². The van der Waals surface area contributed by atoms with Crippen molar-refractivity contribution in [2.75, 3.05) is 26.4 Å². The maximum absolute atomic E-state index is 11.3. The molecule has 6 nitrogen and oxygen atoms in total. The number of carbonyl (C=O) groups is 1. The lowest BCUT2D eigenvalue weighted by molar-refractivity contribution is -0.0308. The summed E-state index contributed by atoms with van der Waals surface area (Å²) in [6.07, 6.45) is 0. The van der Waals surface area contributed by atoms with Gasteiger partial charge in [-0.1, -0.05) is 0 Å². The van der Waals surface area contributed by atoms with Crippen LogP contribution in [0.5, 0.6) is 0 Å². The van der Waals surface area contributed by atoms with Gasteiger partial charge in [0.15, 0.2) is 0 Å². The first-order valence-electron chi connectivity index (χ1n) is 5.77. The zero-order valence-corrected chi connectivity index (χ0v) is 10.8. The van der Waals surface area contributed by atoms with Gasteiger partial charge in [0, 0.05) is 18.0 Å². The van der Waals surface area contributed by atoms with Crippen LogP contribution in [0.15, 0.2) is 12.1 Å². The minimum Gasteiger partial charge on any atom is -0.395 e. The highest BCUT2D eigenvalue weighted by atomic mass is 32.1. The van der Waals surface area contributed by atoms with Crippen molar-refractivity contribution in [3.63, 3.8) is 0 Å². The number of aliphatic hydroxyl groups is 1. The van der Waals surface area contributed by atoms with E-state index >= 15 is 0 Å². The van der Waals surface area contributed by atoms with Gasteiger partial charge >= 0.3 is 0 Å². The lowest BCUT2D eigenvalue weighted by atomic mass is 10.2. The molecule has 1 fully saturated rings. The first-order valence-corrected chi connectivity index (χ1v) is 6.58. The Balaban J connectivity index is 1.99. The number of thiophene rings is 1. The number of nitrogens with zero attached hydrogens (tertiary/aromatic N) is 1. The van der Waals surface area contributed by atoms with Crippen molar-refractivity contribution in [3.05, 3.63) is 21.9 Å². The van der Waals surface area contributed by atoms with Crippen LogP contribution in [0, 0.1) is 0 Å². The minimum absolute atomic E-state index is 0.0348. The Morgan fingerprint density at radius 3 is 3.22 bits per heavy atom. The van der Waals surface area contributed by atoms with E-state index < -0.39 is 0 Å². The van der Waals surface area contributed by atoms with Crippen LogP contribution in [0.3, 0.4) is 0 Å². The molecule has 0 bridgehead atoms. The molecule has 4 N–H and O–H groups in total. The Hall–Kier alpha value is -0.990. The first kappa shape index (κ1) is 13.4. The van der Waals surface area contributed by atoms with E-state index in [1.54, 1.807) is 6.07 Å². The fraction of sp³-hybridized carbons (Fsp3) is 0.545. The Bertz CT molecular complexity index is 410. The molecule has 1 unspecified atom stereocenters. The smallest absolute Gasteiger partial charge is 0.275 e. The second-order valence-corrected chi connectivity index (χ2v) is 5.29. The van der Waals surface area contributed by atoms with E-state index in [1.807, 2.05) is 6.07 Å². The summed E-state index contributed by atoms with van der Waals surface area (Å²) in [5.41, 5.74) is 2.12. The molecule has 2 rings (SSSR count). The predicted octanol–water partition coefficient (Wildman–Crippen LogP) is -0.455. The van der Waals surface area contributed by atoms with Gasteiger partial charge in [-0.25, -0.2) is 5.84 Å². The van der Waals surface area contributed by atoms with Gasteiger partial charge in [-0.2, -0.15) is 0 Å². The highest BCUT2D eigenvalue weighted by Crippen LogP contribution is 2.20. The second-order valence-electron chi connectivity index (χ2n) is 4.12. The molecule has 0 spiro atoms. The minimum atomic E-state index is -0.271. The summed E-state index contributed by atoms with van der Waals surface area (Å²) < 4.78 is 5.32. The molecule has 1 aliphatic heterocycles. The molecule has 1 aliphatic rings. The van der Waals surface area contributed by atoms with Crippen molar-refractivity contribution in [2.45, 2.75) is 12.6 Å². The maximum Gasteiger partial charge on any atom is 0.275 e. The van der Waals surface area contributed by atoms with E-state index in [0.717, 1.165) is 18.0 Å². The first-order chi connectivity index (χ1) is 8.74. The van der Waals surface area contributed by atoms with Crippen molar-refractivity contribution in [1.29, 1.82) is 0 Å². The average molecular weight is 271 g/mol. The number of hydrogen-bond donors (Lipinski definition) is 3. The van der Waals surface area contributed by atoms with E-state index in [2.05, 4.69) is 10.3 Å². The Morgan fingerprint density at radius 1 is 1.67 bits per heavy atom. The highest BCUT2D eigenvalue weighted by molar-refractivity contribution is 7.14. The molecule has 0 aromatic carbocycles. The number of carbonyl (C=O) groups excluding carboxylic acids is 1. The zero-order chi connectivity index (χ0) is 13.0. The van der Waals surface area contributed by atoms with Crippen molar-refractivity contribution in [2.24, 2.45) is 5.84 Å². The molecule has 1 aromatic rings. The van der Waals surface area contributed by atoms with Gasteiger partial charge < -0.3 is 9.84 Å². The molecule has 1 atom stereocenters. The molecule has 1 saturated heterocycles. The van der Waals surface area contributed by atoms with Crippen LogP contribution in [0.2, 0.25) is 0 Å². The predicted molar refractivity (Wildman–Crippen MR) is 68.1 cm³/mol. The molecule has 0 saturated carbocycles. The van der Waals surface area contributed by atoms with Crippen LogP contribution in [0.25, 0.3) is 0 Å². The van der Waals surface area contributed by atoms with Gasteiger partial charge in [-0.05, 0) is 12.1 Å². The lowest BCUT2D eigenvalue weighted by Crippen LogP contribution is -2.46. The number of hydrazine groups is 1. The summed E-state index contributed by atoms with van der Waals surface area (Å²) >= 11 is 1.42. The van der Waals surface area contributed by atoms with Gasteiger partial charge in [0.25, 0.3) is 5.91 Å². The van der Waals surface area contributed by atoms with Crippen LogP contribution in [-0.4, -0.2) is 48.3 Å². The van der Waals surface area contributed by atoms with Crippen LogP contribution in [0.4, 0.5) is 0 Å². The van der Waals surface area contributed by atoms with E-state index in [1.165, 1.54) is 11.3 Å².